The highest BCUT2D eigenvalue weighted by Gasteiger charge is 2.11. The molecule has 3 nitrogen and oxygen atoms in total. The Morgan fingerprint density at radius 2 is 2.05 bits per heavy atom. The highest BCUT2D eigenvalue weighted by Crippen LogP contribution is 2.31. The number of aliphatic hydroxyl groups excluding tert-OH is 1. The van der Waals surface area contributed by atoms with Gasteiger partial charge in [0.25, 0.3) is 0 Å². The lowest BCUT2D eigenvalue weighted by molar-refractivity contribution is 0.281. The number of hydrogen-bond acceptors (Lipinski definition) is 3. The molecule has 1 heterocycles. The Hall–Kier alpha value is -1.58. The zero-order valence-corrected chi connectivity index (χ0v) is 12.6. The lowest BCUT2D eigenvalue weighted by Gasteiger charge is -2.14. The number of aromatic nitrogens is 1. The molecule has 2 rings (SSSR count). The van der Waals surface area contributed by atoms with Crippen LogP contribution >= 0.6 is 11.6 Å². The van der Waals surface area contributed by atoms with Crippen molar-refractivity contribution in [2.24, 2.45) is 0 Å². The van der Waals surface area contributed by atoms with Crippen molar-refractivity contribution < 1.29 is 9.84 Å². The number of aryl methyl sites for hydroxylation is 1. The second-order valence-electron chi connectivity index (χ2n) is 5.07. The molecule has 0 spiro atoms. The molecule has 0 aliphatic heterocycles. The van der Waals surface area contributed by atoms with E-state index in [1.165, 1.54) is 6.20 Å². The maximum atomic E-state index is 9.23. The number of nitrogens with zero attached hydrogens (tertiary/aromatic N) is 1. The normalized spacial score (nSPS) is 10.9. The highest BCUT2D eigenvalue weighted by molar-refractivity contribution is 6.31. The van der Waals surface area contributed by atoms with Gasteiger partial charge < -0.3 is 9.84 Å². The fourth-order valence-corrected chi connectivity index (χ4v) is 2.12. The van der Waals surface area contributed by atoms with Crippen LogP contribution in [0.5, 0.6) is 11.6 Å². The molecular formula is C16H18ClNO2. The van der Waals surface area contributed by atoms with Crippen LogP contribution in [-0.4, -0.2) is 10.1 Å². The van der Waals surface area contributed by atoms with Crippen molar-refractivity contribution in [3.05, 3.63) is 52.2 Å². The quantitative estimate of drug-likeness (QED) is 0.905. The van der Waals surface area contributed by atoms with Crippen molar-refractivity contribution in [2.75, 3.05) is 0 Å². The largest absolute Gasteiger partial charge is 0.439 e. The molecule has 4 heteroatoms. The number of rotatable bonds is 4. The van der Waals surface area contributed by atoms with Crippen LogP contribution in [0.2, 0.25) is 5.02 Å². The molecule has 0 saturated heterocycles. The van der Waals surface area contributed by atoms with E-state index in [1.54, 1.807) is 6.07 Å². The maximum absolute atomic E-state index is 9.23. The average molecular weight is 292 g/mol. The van der Waals surface area contributed by atoms with Gasteiger partial charge in [0.2, 0.25) is 5.88 Å². The Balaban J connectivity index is 2.36. The molecule has 0 radical (unpaired) electrons. The van der Waals surface area contributed by atoms with Crippen LogP contribution in [0.15, 0.2) is 30.5 Å². The third-order valence-electron chi connectivity index (χ3n) is 3.09. The molecule has 1 aromatic heterocycles. The summed E-state index contributed by atoms with van der Waals surface area (Å²) in [7, 11) is 0. The van der Waals surface area contributed by atoms with E-state index in [0.29, 0.717) is 22.4 Å². The standard InChI is InChI=1S/C16H18ClNO2/c1-10(2)13-5-4-11(3)6-15(13)20-16-7-12(9-19)14(17)8-18-16/h4-8,10,19H,9H2,1-3H3. The average Bonchev–Trinajstić information content (AvgIpc) is 2.40. The molecule has 20 heavy (non-hydrogen) atoms. The number of halogens is 1. The topological polar surface area (TPSA) is 42.4 Å². The number of pyridine rings is 1. The number of ether oxygens (including phenoxy) is 1. The molecular weight excluding hydrogens is 274 g/mol. The van der Waals surface area contributed by atoms with Gasteiger partial charge in [-0.15, -0.1) is 0 Å². The van der Waals surface area contributed by atoms with E-state index in [1.807, 2.05) is 13.0 Å². The molecule has 0 atom stereocenters. The first-order chi connectivity index (χ1) is 9.51. The van der Waals surface area contributed by atoms with Crippen molar-refractivity contribution in [2.45, 2.75) is 33.3 Å². The highest BCUT2D eigenvalue weighted by atomic mass is 35.5. The summed E-state index contributed by atoms with van der Waals surface area (Å²) in [6.07, 6.45) is 1.49. The van der Waals surface area contributed by atoms with Crippen LogP contribution < -0.4 is 4.74 Å². The minimum Gasteiger partial charge on any atom is -0.439 e. The van der Waals surface area contributed by atoms with E-state index in [-0.39, 0.29) is 6.61 Å². The van der Waals surface area contributed by atoms with Crippen LogP contribution in [0.3, 0.4) is 0 Å². The predicted molar refractivity (Wildman–Crippen MR) is 80.5 cm³/mol. The Morgan fingerprint density at radius 3 is 2.70 bits per heavy atom. The van der Waals surface area contributed by atoms with Crippen LogP contribution in [0.25, 0.3) is 0 Å². The van der Waals surface area contributed by atoms with Crippen molar-refractivity contribution in [3.63, 3.8) is 0 Å². The molecule has 1 aromatic carbocycles. The maximum Gasteiger partial charge on any atom is 0.219 e. The van der Waals surface area contributed by atoms with Crippen molar-refractivity contribution in [1.82, 2.24) is 4.98 Å². The summed E-state index contributed by atoms with van der Waals surface area (Å²) in [5.74, 6) is 1.58. The van der Waals surface area contributed by atoms with Crippen LogP contribution in [0, 0.1) is 6.92 Å². The van der Waals surface area contributed by atoms with Crippen LogP contribution in [-0.2, 0) is 6.61 Å². The summed E-state index contributed by atoms with van der Waals surface area (Å²) in [5, 5.41) is 9.67. The molecule has 1 N–H and O–H groups in total. The van der Waals surface area contributed by atoms with Crippen molar-refractivity contribution in [3.8, 4) is 11.6 Å². The molecule has 2 aromatic rings. The second kappa shape index (κ2) is 6.25. The summed E-state index contributed by atoms with van der Waals surface area (Å²) in [5.41, 5.74) is 2.86. The molecule has 0 amide bonds. The molecule has 0 fully saturated rings. The monoisotopic (exact) mass is 291 g/mol. The van der Waals surface area contributed by atoms with E-state index in [0.717, 1.165) is 16.9 Å². The number of hydrogen-bond donors (Lipinski definition) is 1. The first-order valence-corrected chi connectivity index (χ1v) is 6.92. The summed E-state index contributed by atoms with van der Waals surface area (Å²) in [6.45, 7) is 6.12. The Morgan fingerprint density at radius 1 is 1.30 bits per heavy atom. The minimum atomic E-state index is -0.136. The van der Waals surface area contributed by atoms with Gasteiger partial charge >= 0.3 is 0 Å². The molecule has 0 unspecified atom stereocenters. The summed E-state index contributed by atoms with van der Waals surface area (Å²) in [6, 6.07) is 7.79. The predicted octanol–water partition coefficient (Wildman–Crippen LogP) is 4.45. The van der Waals surface area contributed by atoms with Gasteiger partial charge in [0.15, 0.2) is 0 Å². The van der Waals surface area contributed by atoms with Gasteiger partial charge in [-0.25, -0.2) is 4.98 Å². The van der Waals surface area contributed by atoms with Gasteiger partial charge in [-0.05, 0) is 30.0 Å². The second-order valence-corrected chi connectivity index (χ2v) is 5.48. The summed E-state index contributed by atoms with van der Waals surface area (Å²) >= 11 is 5.93. The third-order valence-corrected chi connectivity index (χ3v) is 3.43. The SMILES string of the molecule is Cc1ccc(C(C)C)c(Oc2cc(CO)c(Cl)cn2)c1. The van der Waals surface area contributed by atoms with Crippen LogP contribution in [0.1, 0.15) is 36.5 Å². The molecule has 0 saturated carbocycles. The Labute approximate surface area is 124 Å². The molecule has 0 bridgehead atoms. The molecule has 0 aliphatic rings. The van der Waals surface area contributed by atoms with Gasteiger partial charge in [-0.3, -0.25) is 0 Å². The Kier molecular flexibility index (Phi) is 4.63. The fraction of sp³-hybridized carbons (Fsp3) is 0.312. The molecule has 0 aliphatic carbocycles. The van der Waals surface area contributed by atoms with Gasteiger partial charge in [-0.1, -0.05) is 37.6 Å². The van der Waals surface area contributed by atoms with Gasteiger partial charge in [-0.2, -0.15) is 0 Å². The fourth-order valence-electron chi connectivity index (χ4n) is 1.96. The van der Waals surface area contributed by atoms with E-state index in [9.17, 15) is 5.11 Å². The minimum absolute atomic E-state index is 0.136. The smallest absolute Gasteiger partial charge is 0.219 e. The first-order valence-electron chi connectivity index (χ1n) is 6.55. The lowest BCUT2D eigenvalue weighted by Crippen LogP contribution is -1.97. The van der Waals surface area contributed by atoms with Crippen molar-refractivity contribution >= 4 is 11.6 Å². The third kappa shape index (κ3) is 3.30. The van der Waals surface area contributed by atoms with Gasteiger partial charge in [0.1, 0.15) is 5.75 Å². The lowest BCUT2D eigenvalue weighted by atomic mass is 10.0. The summed E-state index contributed by atoms with van der Waals surface area (Å²) < 4.78 is 5.87. The zero-order valence-electron chi connectivity index (χ0n) is 11.9. The Bertz CT molecular complexity index is 611. The van der Waals surface area contributed by atoms with E-state index >= 15 is 0 Å². The van der Waals surface area contributed by atoms with Gasteiger partial charge in [0, 0.05) is 17.8 Å². The number of aliphatic hydroxyl groups is 1. The first kappa shape index (κ1) is 14.8. The number of benzene rings is 1. The summed E-state index contributed by atoms with van der Waals surface area (Å²) in [4.78, 5) is 4.15. The van der Waals surface area contributed by atoms with Gasteiger partial charge in [0.05, 0.1) is 11.6 Å². The molecule has 106 valence electrons. The van der Waals surface area contributed by atoms with E-state index in [2.05, 4.69) is 31.0 Å². The van der Waals surface area contributed by atoms with E-state index < -0.39 is 0 Å². The van der Waals surface area contributed by atoms with E-state index in [4.69, 9.17) is 16.3 Å². The zero-order chi connectivity index (χ0) is 14.7. The van der Waals surface area contributed by atoms with Crippen LogP contribution in [0.4, 0.5) is 0 Å². The van der Waals surface area contributed by atoms with Crippen molar-refractivity contribution in [1.29, 1.82) is 0 Å².